The molecule has 3 heteroatoms. The second-order valence-electron chi connectivity index (χ2n) is 3.43. The molecule has 0 saturated carbocycles. The van der Waals surface area contributed by atoms with E-state index in [4.69, 9.17) is 0 Å². The summed E-state index contributed by atoms with van der Waals surface area (Å²) >= 11 is 3.62. The van der Waals surface area contributed by atoms with Gasteiger partial charge in [-0.1, -0.05) is 41.1 Å². The lowest BCUT2D eigenvalue weighted by atomic mass is 10.2. The van der Waals surface area contributed by atoms with Gasteiger partial charge in [0.2, 0.25) is 0 Å². The molecule has 1 aromatic heterocycles. The molecule has 1 unspecified atom stereocenters. The zero-order valence-electron chi connectivity index (χ0n) is 8.60. The monoisotopic (exact) mass is 264 g/mol. The van der Waals surface area contributed by atoms with Crippen LogP contribution < -0.4 is 0 Å². The normalized spacial score (nSPS) is 12.7. The fraction of sp³-hybridized carbons (Fsp3) is 0.250. The Labute approximate surface area is 98.1 Å². The van der Waals surface area contributed by atoms with Gasteiger partial charge < -0.3 is 0 Å². The average molecular weight is 265 g/mol. The molecule has 15 heavy (non-hydrogen) atoms. The second kappa shape index (κ2) is 4.62. The van der Waals surface area contributed by atoms with Crippen molar-refractivity contribution in [3.05, 3.63) is 48.3 Å². The third-order valence-corrected chi connectivity index (χ3v) is 3.52. The van der Waals surface area contributed by atoms with E-state index in [0.29, 0.717) is 4.83 Å². The van der Waals surface area contributed by atoms with Gasteiger partial charge in [0.15, 0.2) is 0 Å². The molecule has 1 atom stereocenters. The molecule has 0 spiro atoms. The van der Waals surface area contributed by atoms with Crippen LogP contribution in [0.3, 0.4) is 0 Å². The Bertz CT molecular complexity index is 422. The maximum atomic E-state index is 4.34. The lowest BCUT2D eigenvalue weighted by Gasteiger charge is -2.02. The van der Waals surface area contributed by atoms with E-state index < -0.39 is 0 Å². The average Bonchev–Trinajstić information content (AvgIpc) is 2.78. The van der Waals surface area contributed by atoms with Crippen molar-refractivity contribution in [1.29, 1.82) is 0 Å². The molecule has 0 saturated heterocycles. The van der Waals surface area contributed by atoms with Gasteiger partial charge >= 0.3 is 0 Å². The fourth-order valence-corrected chi connectivity index (χ4v) is 1.69. The van der Waals surface area contributed by atoms with Crippen LogP contribution in [-0.4, -0.2) is 9.78 Å². The van der Waals surface area contributed by atoms with E-state index in [0.717, 1.165) is 12.1 Å². The molecule has 0 aliphatic heterocycles. The number of alkyl halides is 1. The number of halogens is 1. The molecule has 0 amide bonds. The zero-order chi connectivity index (χ0) is 10.7. The molecule has 0 N–H and O–H groups in total. The van der Waals surface area contributed by atoms with Crippen molar-refractivity contribution < 1.29 is 0 Å². The Kier molecular flexibility index (Phi) is 3.21. The number of aromatic nitrogens is 2. The number of para-hydroxylation sites is 1. The van der Waals surface area contributed by atoms with Gasteiger partial charge in [0, 0.05) is 16.6 Å². The molecule has 2 aromatic rings. The largest absolute Gasteiger partial charge is 0.241 e. The Hall–Kier alpha value is -1.09. The molecule has 0 radical (unpaired) electrons. The molecule has 1 aromatic carbocycles. The molecular weight excluding hydrogens is 252 g/mol. The molecule has 2 rings (SSSR count). The molecule has 78 valence electrons. The van der Waals surface area contributed by atoms with Gasteiger partial charge in [-0.15, -0.1) is 0 Å². The summed E-state index contributed by atoms with van der Waals surface area (Å²) in [6.45, 7) is 2.15. The SMILES string of the molecule is CCC(Br)c1cnn(-c2ccccc2)c1. The molecule has 0 aliphatic rings. The molecule has 0 bridgehead atoms. The van der Waals surface area contributed by atoms with Crippen molar-refractivity contribution in [1.82, 2.24) is 9.78 Å². The first-order chi connectivity index (χ1) is 7.31. The van der Waals surface area contributed by atoms with Crippen LogP contribution in [0.5, 0.6) is 0 Å². The number of nitrogens with zero attached hydrogens (tertiary/aromatic N) is 2. The topological polar surface area (TPSA) is 17.8 Å². The summed E-state index contributed by atoms with van der Waals surface area (Å²) < 4.78 is 1.90. The Morgan fingerprint density at radius 2 is 2.07 bits per heavy atom. The summed E-state index contributed by atoms with van der Waals surface area (Å²) in [6, 6.07) is 10.1. The highest BCUT2D eigenvalue weighted by Gasteiger charge is 2.07. The summed E-state index contributed by atoms with van der Waals surface area (Å²) in [6.07, 6.45) is 5.05. The van der Waals surface area contributed by atoms with Crippen LogP contribution in [0.1, 0.15) is 23.7 Å². The molecular formula is C12H13BrN2. The van der Waals surface area contributed by atoms with Crippen LogP contribution in [0.15, 0.2) is 42.7 Å². The van der Waals surface area contributed by atoms with Crippen molar-refractivity contribution in [2.24, 2.45) is 0 Å². The highest BCUT2D eigenvalue weighted by molar-refractivity contribution is 9.09. The minimum atomic E-state index is 0.398. The highest BCUT2D eigenvalue weighted by Crippen LogP contribution is 2.25. The van der Waals surface area contributed by atoms with Crippen molar-refractivity contribution in [2.45, 2.75) is 18.2 Å². The molecule has 0 fully saturated rings. The fourth-order valence-electron chi connectivity index (χ4n) is 1.46. The zero-order valence-corrected chi connectivity index (χ0v) is 10.2. The van der Waals surface area contributed by atoms with Gasteiger partial charge in [-0.3, -0.25) is 0 Å². The van der Waals surface area contributed by atoms with E-state index >= 15 is 0 Å². The first-order valence-corrected chi connectivity index (χ1v) is 5.97. The minimum Gasteiger partial charge on any atom is -0.241 e. The first-order valence-electron chi connectivity index (χ1n) is 5.05. The van der Waals surface area contributed by atoms with Crippen molar-refractivity contribution in [3.63, 3.8) is 0 Å². The quantitative estimate of drug-likeness (QED) is 0.773. The van der Waals surface area contributed by atoms with Gasteiger partial charge in [0.25, 0.3) is 0 Å². The van der Waals surface area contributed by atoms with Gasteiger partial charge in [-0.05, 0) is 18.6 Å². The van der Waals surface area contributed by atoms with Crippen LogP contribution in [0, 0.1) is 0 Å². The maximum absolute atomic E-state index is 4.34. The standard InChI is InChI=1S/C12H13BrN2/c1-2-12(13)10-8-14-15(9-10)11-6-4-3-5-7-11/h3-9,12H,2H2,1H3. The van der Waals surface area contributed by atoms with Crippen molar-refractivity contribution >= 4 is 15.9 Å². The number of rotatable bonds is 3. The first kappa shape index (κ1) is 10.4. The summed E-state index contributed by atoms with van der Waals surface area (Å²) in [5.41, 5.74) is 2.32. The molecule has 2 nitrogen and oxygen atoms in total. The van der Waals surface area contributed by atoms with Gasteiger partial charge in [0.1, 0.15) is 0 Å². The van der Waals surface area contributed by atoms with Crippen LogP contribution >= 0.6 is 15.9 Å². The Morgan fingerprint density at radius 1 is 1.33 bits per heavy atom. The van der Waals surface area contributed by atoms with Crippen molar-refractivity contribution in [2.75, 3.05) is 0 Å². The second-order valence-corrected chi connectivity index (χ2v) is 4.53. The van der Waals surface area contributed by atoms with Gasteiger partial charge in [-0.25, -0.2) is 4.68 Å². The lowest BCUT2D eigenvalue weighted by Crippen LogP contribution is -1.92. The van der Waals surface area contributed by atoms with Crippen LogP contribution in [0.2, 0.25) is 0 Å². The number of hydrogen-bond acceptors (Lipinski definition) is 1. The van der Waals surface area contributed by atoms with Crippen LogP contribution in [-0.2, 0) is 0 Å². The highest BCUT2D eigenvalue weighted by atomic mass is 79.9. The lowest BCUT2D eigenvalue weighted by molar-refractivity contribution is 0.876. The van der Waals surface area contributed by atoms with E-state index in [1.165, 1.54) is 5.56 Å². The van der Waals surface area contributed by atoms with E-state index in [1.54, 1.807) is 0 Å². The number of benzene rings is 1. The smallest absolute Gasteiger partial charge is 0.0645 e. The number of hydrogen-bond donors (Lipinski definition) is 0. The predicted molar refractivity (Wildman–Crippen MR) is 65.5 cm³/mol. The summed E-state index contributed by atoms with van der Waals surface area (Å²) in [7, 11) is 0. The Morgan fingerprint density at radius 3 is 2.73 bits per heavy atom. The third-order valence-electron chi connectivity index (χ3n) is 2.34. The van der Waals surface area contributed by atoms with E-state index in [1.807, 2.05) is 41.2 Å². The molecule has 1 heterocycles. The van der Waals surface area contributed by atoms with E-state index in [-0.39, 0.29) is 0 Å². The van der Waals surface area contributed by atoms with Crippen LogP contribution in [0.25, 0.3) is 5.69 Å². The van der Waals surface area contributed by atoms with Gasteiger partial charge in [-0.2, -0.15) is 5.10 Å². The van der Waals surface area contributed by atoms with Gasteiger partial charge in [0.05, 0.1) is 11.9 Å². The van der Waals surface area contributed by atoms with Crippen LogP contribution in [0.4, 0.5) is 0 Å². The van der Waals surface area contributed by atoms with E-state index in [9.17, 15) is 0 Å². The summed E-state index contributed by atoms with van der Waals surface area (Å²) in [4.78, 5) is 0.398. The third kappa shape index (κ3) is 2.29. The summed E-state index contributed by atoms with van der Waals surface area (Å²) in [5, 5.41) is 4.34. The summed E-state index contributed by atoms with van der Waals surface area (Å²) in [5.74, 6) is 0. The Balaban J connectivity index is 2.28. The maximum Gasteiger partial charge on any atom is 0.0645 e. The minimum absolute atomic E-state index is 0.398. The predicted octanol–water partition coefficient (Wildman–Crippen LogP) is 3.72. The molecule has 0 aliphatic carbocycles. The van der Waals surface area contributed by atoms with E-state index in [2.05, 4.69) is 34.1 Å². The van der Waals surface area contributed by atoms with Crippen molar-refractivity contribution in [3.8, 4) is 5.69 Å².